The molecule has 0 amide bonds. The van der Waals surface area contributed by atoms with E-state index in [1.807, 2.05) is 66.7 Å². The molecule has 0 fully saturated rings. The molecule has 0 aliphatic heterocycles. The molecule has 1 N–H and O–H groups in total. The number of aryl methyl sites for hydroxylation is 1. The molecule has 0 aliphatic rings. The fourth-order valence-corrected chi connectivity index (χ4v) is 2.52. The van der Waals surface area contributed by atoms with Gasteiger partial charge in [0.1, 0.15) is 6.61 Å². The largest absolute Gasteiger partial charge is 0.493 e. The molecule has 0 bridgehead atoms. The van der Waals surface area contributed by atoms with E-state index >= 15 is 0 Å². The first-order valence-corrected chi connectivity index (χ1v) is 8.45. The van der Waals surface area contributed by atoms with Gasteiger partial charge in [-0.05, 0) is 53.9 Å². The Kier molecular flexibility index (Phi) is 5.88. The number of nitrogens with zero attached hydrogens (tertiary/aromatic N) is 1. The van der Waals surface area contributed by atoms with Crippen molar-refractivity contribution in [3.05, 3.63) is 89.5 Å². The van der Waals surface area contributed by atoms with Gasteiger partial charge in [-0.2, -0.15) is 5.10 Å². The second kappa shape index (κ2) is 8.72. The van der Waals surface area contributed by atoms with Crippen LogP contribution < -0.4 is 14.9 Å². The molecule has 0 aromatic heterocycles. The van der Waals surface area contributed by atoms with Gasteiger partial charge in [-0.15, -0.1) is 0 Å². The molecule has 0 aliphatic carbocycles. The van der Waals surface area contributed by atoms with Crippen molar-refractivity contribution in [1.29, 1.82) is 0 Å². The van der Waals surface area contributed by atoms with Gasteiger partial charge in [0.05, 0.1) is 19.0 Å². The summed E-state index contributed by atoms with van der Waals surface area (Å²) in [7, 11) is 1.64. The number of ether oxygens (including phenoxy) is 2. The van der Waals surface area contributed by atoms with Crippen molar-refractivity contribution in [2.45, 2.75) is 13.5 Å². The Labute approximate surface area is 154 Å². The Morgan fingerprint density at radius 3 is 2.54 bits per heavy atom. The summed E-state index contributed by atoms with van der Waals surface area (Å²) >= 11 is 0. The van der Waals surface area contributed by atoms with Crippen LogP contribution in [0, 0.1) is 6.92 Å². The van der Waals surface area contributed by atoms with Crippen molar-refractivity contribution in [1.82, 2.24) is 0 Å². The molecular formula is C22H22N2O2. The van der Waals surface area contributed by atoms with Crippen LogP contribution in [0.4, 0.5) is 5.69 Å². The van der Waals surface area contributed by atoms with Gasteiger partial charge in [-0.1, -0.05) is 42.5 Å². The van der Waals surface area contributed by atoms with E-state index in [9.17, 15) is 0 Å². The summed E-state index contributed by atoms with van der Waals surface area (Å²) in [5.41, 5.74) is 7.21. The first-order chi connectivity index (χ1) is 12.7. The molecule has 0 saturated heterocycles. The summed E-state index contributed by atoms with van der Waals surface area (Å²) in [5, 5.41) is 4.30. The maximum atomic E-state index is 5.93. The van der Waals surface area contributed by atoms with Gasteiger partial charge in [0.15, 0.2) is 11.5 Å². The lowest BCUT2D eigenvalue weighted by Gasteiger charge is -2.11. The summed E-state index contributed by atoms with van der Waals surface area (Å²) in [6, 6.07) is 23.9. The summed E-state index contributed by atoms with van der Waals surface area (Å²) < 4.78 is 11.3. The van der Waals surface area contributed by atoms with E-state index in [1.165, 1.54) is 5.56 Å². The number of methoxy groups -OCH3 is 1. The van der Waals surface area contributed by atoms with Gasteiger partial charge in [0, 0.05) is 0 Å². The minimum absolute atomic E-state index is 0.485. The molecule has 0 spiro atoms. The minimum atomic E-state index is 0.485. The zero-order chi connectivity index (χ0) is 18.2. The van der Waals surface area contributed by atoms with Crippen molar-refractivity contribution in [2.75, 3.05) is 12.5 Å². The van der Waals surface area contributed by atoms with Crippen LogP contribution in [0.2, 0.25) is 0 Å². The van der Waals surface area contributed by atoms with Gasteiger partial charge in [-0.3, -0.25) is 5.43 Å². The Balaban J connectivity index is 1.69. The first kappa shape index (κ1) is 17.5. The van der Waals surface area contributed by atoms with Gasteiger partial charge < -0.3 is 9.47 Å². The van der Waals surface area contributed by atoms with Crippen molar-refractivity contribution >= 4 is 11.9 Å². The number of nitrogens with one attached hydrogen (secondary N) is 1. The average molecular weight is 346 g/mol. The normalized spacial score (nSPS) is 10.7. The highest BCUT2D eigenvalue weighted by Crippen LogP contribution is 2.28. The van der Waals surface area contributed by atoms with Crippen molar-refractivity contribution in [3.8, 4) is 11.5 Å². The zero-order valence-corrected chi connectivity index (χ0v) is 15.0. The molecule has 132 valence electrons. The maximum absolute atomic E-state index is 5.93. The van der Waals surface area contributed by atoms with Gasteiger partial charge in [0.25, 0.3) is 0 Å². The Morgan fingerprint density at radius 1 is 0.923 bits per heavy atom. The molecule has 3 rings (SSSR count). The van der Waals surface area contributed by atoms with Crippen LogP contribution in [-0.2, 0) is 6.61 Å². The highest BCUT2D eigenvalue weighted by atomic mass is 16.5. The molecule has 0 unspecified atom stereocenters. The van der Waals surface area contributed by atoms with E-state index in [0.29, 0.717) is 18.1 Å². The zero-order valence-electron chi connectivity index (χ0n) is 15.0. The molecule has 3 aromatic rings. The van der Waals surface area contributed by atoms with E-state index in [1.54, 1.807) is 13.3 Å². The van der Waals surface area contributed by atoms with Crippen molar-refractivity contribution in [3.63, 3.8) is 0 Å². The molecule has 4 heteroatoms. The van der Waals surface area contributed by atoms with E-state index in [0.717, 1.165) is 16.8 Å². The predicted molar refractivity (Wildman–Crippen MR) is 106 cm³/mol. The lowest BCUT2D eigenvalue weighted by molar-refractivity contribution is 0.284. The number of benzene rings is 3. The predicted octanol–water partition coefficient (Wildman–Crippen LogP) is 5.03. The molecule has 0 heterocycles. The standard InChI is InChI=1S/C22H22N2O2/c1-17-7-6-10-20(13-17)24-23-15-19-11-12-21(25-2)22(14-19)26-16-18-8-4-3-5-9-18/h3-15,24H,16H2,1-2H3/b23-15-. The van der Waals surface area contributed by atoms with E-state index in [4.69, 9.17) is 9.47 Å². The minimum Gasteiger partial charge on any atom is -0.493 e. The number of hydrogen-bond acceptors (Lipinski definition) is 4. The number of rotatable bonds is 7. The summed E-state index contributed by atoms with van der Waals surface area (Å²) in [6.45, 7) is 2.54. The molecular weight excluding hydrogens is 324 g/mol. The smallest absolute Gasteiger partial charge is 0.162 e. The van der Waals surface area contributed by atoms with Crippen LogP contribution in [0.1, 0.15) is 16.7 Å². The monoisotopic (exact) mass is 346 g/mol. The Hall–Kier alpha value is -3.27. The maximum Gasteiger partial charge on any atom is 0.162 e. The van der Waals surface area contributed by atoms with Crippen LogP contribution in [0.15, 0.2) is 77.9 Å². The highest BCUT2D eigenvalue weighted by molar-refractivity contribution is 5.81. The van der Waals surface area contributed by atoms with Crippen LogP contribution in [0.3, 0.4) is 0 Å². The number of hydrazone groups is 1. The van der Waals surface area contributed by atoms with Crippen molar-refractivity contribution in [2.24, 2.45) is 5.10 Å². The first-order valence-electron chi connectivity index (χ1n) is 8.45. The molecule has 0 saturated carbocycles. The van der Waals surface area contributed by atoms with E-state index in [-0.39, 0.29) is 0 Å². The third-order valence-corrected chi connectivity index (χ3v) is 3.85. The summed E-state index contributed by atoms with van der Waals surface area (Å²) in [5.74, 6) is 1.39. The van der Waals surface area contributed by atoms with Crippen LogP contribution in [0.25, 0.3) is 0 Å². The van der Waals surface area contributed by atoms with E-state index < -0.39 is 0 Å². The third kappa shape index (κ3) is 4.86. The average Bonchev–Trinajstić information content (AvgIpc) is 2.67. The molecule has 3 aromatic carbocycles. The Bertz CT molecular complexity index is 876. The van der Waals surface area contributed by atoms with Crippen LogP contribution in [-0.4, -0.2) is 13.3 Å². The molecule has 4 nitrogen and oxygen atoms in total. The molecule has 0 atom stereocenters. The topological polar surface area (TPSA) is 42.8 Å². The van der Waals surface area contributed by atoms with Crippen LogP contribution in [0.5, 0.6) is 11.5 Å². The number of hydrogen-bond donors (Lipinski definition) is 1. The second-order valence-electron chi connectivity index (χ2n) is 5.92. The van der Waals surface area contributed by atoms with Crippen LogP contribution >= 0.6 is 0 Å². The third-order valence-electron chi connectivity index (χ3n) is 3.85. The number of anilines is 1. The summed E-state index contributed by atoms with van der Waals surface area (Å²) in [6.07, 6.45) is 1.76. The fraction of sp³-hybridized carbons (Fsp3) is 0.136. The Morgan fingerprint density at radius 2 is 1.77 bits per heavy atom. The molecule has 26 heavy (non-hydrogen) atoms. The lowest BCUT2D eigenvalue weighted by atomic mass is 10.2. The summed E-state index contributed by atoms with van der Waals surface area (Å²) in [4.78, 5) is 0. The SMILES string of the molecule is COc1ccc(/C=N\Nc2cccc(C)c2)cc1OCc1ccccc1. The van der Waals surface area contributed by atoms with Gasteiger partial charge >= 0.3 is 0 Å². The second-order valence-corrected chi connectivity index (χ2v) is 5.92. The van der Waals surface area contributed by atoms with Crippen molar-refractivity contribution < 1.29 is 9.47 Å². The highest BCUT2D eigenvalue weighted by Gasteiger charge is 2.05. The lowest BCUT2D eigenvalue weighted by Crippen LogP contribution is -1.99. The quantitative estimate of drug-likeness (QED) is 0.482. The van der Waals surface area contributed by atoms with E-state index in [2.05, 4.69) is 23.5 Å². The molecule has 0 radical (unpaired) electrons. The van der Waals surface area contributed by atoms with Gasteiger partial charge in [-0.25, -0.2) is 0 Å². The fourth-order valence-electron chi connectivity index (χ4n) is 2.52. The van der Waals surface area contributed by atoms with Gasteiger partial charge in [0.2, 0.25) is 0 Å².